The van der Waals surface area contributed by atoms with E-state index in [9.17, 15) is 0 Å². The average Bonchev–Trinajstić information content (AvgIpc) is 2.72. The predicted octanol–water partition coefficient (Wildman–Crippen LogP) is 3.18. The highest BCUT2D eigenvalue weighted by molar-refractivity contribution is 5.48. The Kier molecular flexibility index (Phi) is 6.80. The summed E-state index contributed by atoms with van der Waals surface area (Å²) in [6.45, 7) is 7.49. The van der Waals surface area contributed by atoms with E-state index < -0.39 is 0 Å². The zero-order valence-electron chi connectivity index (χ0n) is 13.6. The summed E-state index contributed by atoms with van der Waals surface area (Å²) in [5.41, 5.74) is 1.19. The number of pyridine rings is 1. The largest absolute Gasteiger partial charge is 0.492 e. The van der Waals surface area contributed by atoms with Gasteiger partial charge in [-0.2, -0.15) is 0 Å². The molecular formula is C17H29N3O. The maximum atomic E-state index is 5.84. The van der Waals surface area contributed by atoms with Gasteiger partial charge in [0, 0.05) is 25.7 Å². The zero-order chi connectivity index (χ0) is 14.9. The molecule has 1 aliphatic rings. The first-order chi connectivity index (χ1) is 10.3. The van der Waals surface area contributed by atoms with Crippen LogP contribution in [0.4, 0.5) is 5.69 Å². The fraction of sp³-hybridized carbons (Fsp3) is 0.706. The number of hydrogen-bond donors (Lipinski definition) is 0. The molecule has 0 aromatic carbocycles. The lowest BCUT2D eigenvalue weighted by Crippen LogP contribution is -2.28. The molecule has 1 fully saturated rings. The van der Waals surface area contributed by atoms with Gasteiger partial charge in [-0.05, 0) is 26.4 Å². The number of likely N-dealkylation sites (N-methyl/N-ethyl adjacent to an activating group) is 1. The highest BCUT2D eigenvalue weighted by Crippen LogP contribution is 2.21. The lowest BCUT2D eigenvalue weighted by Gasteiger charge is -2.22. The Labute approximate surface area is 129 Å². The molecule has 0 atom stereocenters. The average molecular weight is 291 g/mol. The van der Waals surface area contributed by atoms with Crippen molar-refractivity contribution in [3.8, 4) is 5.75 Å². The molecule has 0 N–H and O–H groups in total. The summed E-state index contributed by atoms with van der Waals surface area (Å²) in [6.07, 6.45) is 9.93. The van der Waals surface area contributed by atoms with E-state index in [0.29, 0.717) is 0 Å². The third-order valence-corrected chi connectivity index (χ3v) is 4.05. The Bertz CT molecular complexity index is 411. The van der Waals surface area contributed by atoms with Crippen molar-refractivity contribution in [2.75, 3.05) is 44.7 Å². The van der Waals surface area contributed by atoms with E-state index >= 15 is 0 Å². The third-order valence-electron chi connectivity index (χ3n) is 4.05. The van der Waals surface area contributed by atoms with Crippen molar-refractivity contribution < 1.29 is 4.74 Å². The van der Waals surface area contributed by atoms with Crippen molar-refractivity contribution in [1.82, 2.24) is 9.88 Å². The minimum absolute atomic E-state index is 0.799. The number of aromatic nitrogens is 1. The van der Waals surface area contributed by atoms with Crippen LogP contribution in [0.15, 0.2) is 18.5 Å². The van der Waals surface area contributed by atoms with E-state index in [-0.39, 0.29) is 0 Å². The zero-order valence-corrected chi connectivity index (χ0v) is 13.6. The van der Waals surface area contributed by atoms with Crippen LogP contribution in [-0.4, -0.2) is 49.7 Å². The molecular weight excluding hydrogens is 262 g/mol. The Morgan fingerprint density at radius 1 is 1.10 bits per heavy atom. The summed E-state index contributed by atoms with van der Waals surface area (Å²) < 4.78 is 5.84. The Balaban J connectivity index is 1.85. The Morgan fingerprint density at radius 3 is 2.86 bits per heavy atom. The van der Waals surface area contributed by atoms with Gasteiger partial charge in [-0.15, -0.1) is 0 Å². The molecule has 4 heteroatoms. The van der Waals surface area contributed by atoms with Crippen LogP contribution in [-0.2, 0) is 0 Å². The van der Waals surface area contributed by atoms with Crippen molar-refractivity contribution in [3.63, 3.8) is 0 Å². The summed E-state index contributed by atoms with van der Waals surface area (Å²) in [6, 6.07) is 2.14. The quantitative estimate of drug-likeness (QED) is 0.721. The first-order valence-electron chi connectivity index (χ1n) is 8.31. The molecule has 4 nitrogen and oxygen atoms in total. The minimum Gasteiger partial charge on any atom is -0.492 e. The maximum Gasteiger partial charge on any atom is 0.139 e. The van der Waals surface area contributed by atoms with Crippen LogP contribution in [0.3, 0.4) is 0 Å². The molecule has 0 amide bonds. The van der Waals surface area contributed by atoms with E-state index in [1.165, 1.54) is 37.9 Å². The van der Waals surface area contributed by atoms with Crippen LogP contribution in [0.5, 0.6) is 5.75 Å². The molecule has 1 aliphatic heterocycles. The predicted molar refractivity (Wildman–Crippen MR) is 88.2 cm³/mol. The molecule has 0 aliphatic carbocycles. The van der Waals surface area contributed by atoms with Crippen molar-refractivity contribution in [1.29, 1.82) is 0 Å². The van der Waals surface area contributed by atoms with E-state index in [1.54, 1.807) is 0 Å². The molecule has 1 saturated heterocycles. The summed E-state index contributed by atoms with van der Waals surface area (Å²) >= 11 is 0. The summed E-state index contributed by atoms with van der Waals surface area (Å²) in [4.78, 5) is 9.15. The molecule has 1 aromatic rings. The number of hydrogen-bond acceptors (Lipinski definition) is 4. The molecule has 2 heterocycles. The monoisotopic (exact) mass is 291 g/mol. The lowest BCUT2D eigenvalue weighted by atomic mass is 10.2. The van der Waals surface area contributed by atoms with Crippen molar-refractivity contribution in [2.45, 2.75) is 39.0 Å². The number of unbranched alkanes of at least 4 members (excludes halogenated alkanes) is 3. The minimum atomic E-state index is 0.799. The fourth-order valence-electron chi connectivity index (χ4n) is 2.68. The normalized spacial score (nSPS) is 16.8. The number of rotatable bonds is 7. The van der Waals surface area contributed by atoms with Gasteiger partial charge in [-0.1, -0.05) is 26.2 Å². The van der Waals surface area contributed by atoms with Gasteiger partial charge < -0.3 is 14.5 Å². The summed E-state index contributed by atoms with van der Waals surface area (Å²) in [7, 11) is 2.19. The maximum absolute atomic E-state index is 5.84. The first-order valence-corrected chi connectivity index (χ1v) is 8.31. The van der Waals surface area contributed by atoms with Gasteiger partial charge >= 0.3 is 0 Å². The molecule has 118 valence electrons. The van der Waals surface area contributed by atoms with Gasteiger partial charge in [0.25, 0.3) is 0 Å². The van der Waals surface area contributed by atoms with Crippen LogP contribution in [0.2, 0.25) is 0 Å². The van der Waals surface area contributed by atoms with Gasteiger partial charge in [0.1, 0.15) is 5.75 Å². The molecule has 1 aromatic heterocycles. The Hall–Kier alpha value is -1.29. The van der Waals surface area contributed by atoms with Crippen LogP contribution >= 0.6 is 0 Å². The molecule has 0 bridgehead atoms. The molecule has 0 unspecified atom stereocenters. The smallest absolute Gasteiger partial charge is 0.139 e. The van der Waals surface area contributed by atoms with E-state index in [2.05, 4.69) is 34.8 Å². The molecule has 2 rings (SSSR count). The molecule has 0 spiro atoms. The lowest BCUT2D eigenvalue weighted by molar-refractivity contribution is 0.304. The summed E-state index contributed by atoms with van der Waals surface area (Å²) in [5, 5.41) is 0. The first kappa shape index (κ1) is 16.1. The van der Waals surface area contributed by atoms with E-state index in [1.807, 2.05) is 12.4 Å². The topological polar surface area (TPSA) is 28.6 Å². The second-order valence-corrected chi connectivity index (χ2v) is 5.93. The number of nitrogens with zero attached hydrogens (tertiary/aromatic N) is 3. The van der Waals surface area contributed by atoms with Crippen LogP contribution in [0.25, 0.3) is 0 Å². The molecule has 0 saturated carbocycles. The third kappa shape index (κ3) is 5.54. The van der Waals surface area contributed by atoms with Gasteiger partial charge in [-0.3, -0.25) is 4.98 Å². The highest BCUT2D eigenvalue weighted by atomic mass is 16.5. The standard InChI is InChI=1S/C17H29N3O/c1-3-4-5-6-12-21-17-13-16(14-18-15-17)20-9-7-8-19(2)10-11-20/h13-15H,3-12H2,1-2H3. The van der Waals surface area contributed by atoms with Gasteiger partial charge in [0.05, 0.1) is 24.7 Å². The second-order valence-electron chi connectivity index (χ2n) is 5.93. The van der Waals surface area contributed by atoms with Gasteiger partial charge in [0.2, 0.25) is 0 Å². The van der Waals surface area contributed by atoms with E-state index in [4.69, 9.17) is 4.74 Å². The number of ether oxygens (including phenoxy) is 1. The molecule has 0 radical (unpaired) electrons. The SMILES string of the molecule is CCCCCCOc1cncc(N2CCCN(C)CC2)c1. The van der Waals surface area contributed by atoms with E-state index in [0.717, 1.165) is 38.4 Å². The van der Waals surface area contributed by atoms with Crippen molar-refractivity contribution in [3.05, 3.63) is 18.5 Å². The van der Waals surface area contributed by atoms with Gasteiger partial charge in [-0.25, -0.2) is 0 Å². The Morgan fingerprint density at radius 2 is 2.00 bits per heavy atom. The fourth-order valence-corrected chi connectivity index (χ4v) is 2.68. The number of anilines is 1. The molecule has 21 heavy (non-hydrogen) atoms. The van der Waals surface area contributed by atoms with Crippen LogP contribution < -0.4 is 9.64 Å². The van der Waals surface area contributed by atoms with Crippen molar-refractivity contribution >= 4 is 5.69 Å². The summed E-state index contributed by atoms with van der Waals surface area (Å²) in [5.74, 6) is 0.904. The van der Waals surface area contributed by atoms with Crippen molar-refractivity contribution in [2.24, 2.45) is 0 Å². The highest BCUT2D eigenvalue weighted by Gasteiger charge is 2.13. The van der Waals surface area contributed by atoms with Crippen LogP contribution in [0, 0.1) is 0 Å². The van der Waals surface area contributed by atoms with Crippen LogP contribution in [0.1, 0.15) is 39.0 Å². The van der Waals surface area contributed by atoms with Gasteiger partial charge in [0.15, 0.2) is 0 Å². The second kappa shape index (κ2) is 8.88.